The van der Waals surface area contributed by atoms with E-state index in [4.69, 9.17) is 16.3 Å². The Labute approximate surface area is 85.1 Å². The van der Waals surface area contributed by atoms with Crippen molar-refractivity contribution in [3.63, 3.8) is 0 Å². The van der Waals surface area contributed by atoms with Crippen molar-refractivity contribution in [3.8, 4) is 5.75 Å². The second kappa shape index (κ2) is 5.22. The van der Waals surface area contributed by atoms with E-state index in [9.17, 15) is 0 Å². The zero-order valence-electron chi connectivity index (χ0n) is 6.34. The Bertz CT molecular complexity index is 273. The molecule has 64 valence electrons. The summed E-state index contributed by atoms with van der Waals surface area (Å²) in [5, 5.41) is 0. The summed E-state index contributed by atoms with van der Waals surface area (Å²) < 4.78 is 6.31. The van der Waals surface area contributed by atoms with Gasteiger partial charge in [-0.2, -0.15) is 0 Å². The van der Waals surface area contributed by atoms with Gasteiger partial charge in [-0.3, -0.25) is 0 Å². The van der Waals surface area contributed by atoms with E-state index >= 15 is 0 Å². The minimum Gasteiger partial charge on any atom is -0.488 e. The maximum atomic E-state index is 5.36. The second-order valence-electron chi connectivity index (χ2n) is 2.10. The average Bonchev–Trinajstić information content (AvgIpc) is 2.09. The van der Waals surface area contributed by atoms with Gasteiger partial charge in [0.15, 0.2) is 0 Å². The van der Waals surface area contributed by atoms with E-state index in [0.717, 1.165) is 10.2 Å². The van der Waals surface area contributed by atoms with Crippen LogP contribution in [0.3, 0.4) is 0 Å². The van der Waals surface area contributed by atoms with E-state index in [2.05, 4.69) is 15.9 Å². The first-order chi connectivity index (χ1) is 5.84. The molecule has 0 heterocycles. The number of halogens is 2. The van der Waals surface area contributed by atoms with E-state index in [1.54, 1.807) is 6.08 Å². The molecule has 0 saturated heterocycles. The lowest BCUT2D eigenvalue weighted by molar-refractivity contribution is 0.361. The van der Waals surface area contributed by atoms with Gasteiger partial charge in [0.2, 0.25) is 0 Å². The van der Waals surface area contributed by atoms with Gasteiger partial charge >= 0.3 is 0 Å². The highest BCUT2D eigenvalue weighted by molar-refractivity contribution is 9.10. The highest BCUT2D eigenvalue weighted by Gasteiger charge is 1.95. The van der Waals surface area contributed by atoms with Crippen molar-refractivity contribution in [3.05, 3.63) is 40.3 Å². The fourth-order valence-corrected chi connectivity index (χ4v) is 1.21. The predicted octanol–water partition coefficient (Wildman–Crippen LogP) is 3.58. The van der Waals surface area contributed by atoms with E-state index in [0.29, 0.717) is 6.61 Å². The van der Waals surface area contributed by atoms with Crippen molar-refractivity contribution >= 4 is 27.5 Å². The molecule has 0 spiro atoms. The number of hydrogen-bond donors (Lipinski definition) is 0. The van der Waals surface area contributed by atoms with Crippen LogP contribution < -0.4 is 4.74 Å². The van der Waals surface area contributed by atoms with Gasteiger partial charge in [-0.15, -0.1) is 0 Å². The van der Waals surface area contributed by atoms with E-state index < -0.39 is 0 Å². The predicted molar refractivity (Wildman–Crippen MR) is 54.6 cm³/mol. The largest absolute Gasteiger partial charge is 0.488 e. The zero-order valence-corrected chi connectivity index (χ0v) is 8.68. The highest BCUT2D eigenvalue weighted by Crippen LogP contribution is 2.23. The Balaban J connectivity index is 2.57. The minimum atomic E-state index is 0.492. The molecule has 12 heavy (non-hydrogen) atoms. The van der Waals surface area contributed by atoms with Crippen LogP contribution in [0.25, 0.3) is 0 Å². The Morgan fingerprint density at radius 3 is 2.83 bits per heavy atom. The van der Waals surface area contributed by atoms with Crippen LogP contribution in [0.1, 0.15) is 0 Å². The van der Waals surface area contributed by atoms with Crippen LogP contribution in [0.15, 0.2) is 40.3 Å². The third-order valence-corrected chi connectivity index (χ3v) is 2.09. The molecule has 1 aromatic carbocycles. The Morgan fingerprint density at radius 2 is 2.17 bits per heavy atom. The van der Waals surface area contributed by atoms with Crippen molar-refractivity contribution in [2.24, 2.45) is 0 Å². The monoisotopic (exact) mass is 246 g/mol. The third kappa shape index (κ3) is 2.88. The molecule has 0 radical (unpaired) electrons. The van der Waals surface area contributed by atoms with Crippen molar-refractivity contribution < 1.29 is 4.74 Å². The molecule has 0 N–H and O–H groups in total. The molecule has 0 atom stereocenters. The molecule has 0 aliphatic carbocycles. The molecule has 1 aromatic rings. The fraction of sp³-hybridized carbons (Fsp3) is 0.111. The molecular formula is C9H8BrClO. The smallest absolute Gasteiger partial charge is 0.133 e. The van der Waals surface area contributed by atoms with Crippen LogP contribution in [0.5, 0.6) is 5.75 Å². The lowest BCUT2D eigenvalue weighted by atomic mass is 10.3. The maximum Gasteiger partial charge on any atom is 0.133 e. The first-order valence-corrected chi connectivity index (χ1v) is 4.70. The highest BCUT2D eigenvalue weighted by atomic mass is 79.9. The second-order valence-corrected chi connectivity index (χ2v) is 3.21. The first-order valence-electron chi connectivity index (χ1n) is 3.47. The number of hydrogen-bond acceptors (Lipinski definition) is 1. The molecule has 0 bridgehead atoms. The van der Waals surface area contributed by atoms with E-state index in [-0.39, 0.29) is 0 Å². The van der Waals surface area contributed by atoms with Crippen LogP contribution in [-0.4, -0.2) is 6.61 Å². The van der Waals surface area contributed by atoms with Gasteiger partial charge in [-0.1, -0.05) is 23.7 Å². The zero-order chi connectivity index (χ0) is 8.81. The maximum absolute atomic E-state index is 5.36. The van der Waals surface area contributed by atoms with Gasteiger partial charge in [0.05, 0.1) is 4.47 Å². The molecule has 0 amide bonds. The van der Waals surface area contributed by atoms with Gasteiger partial charge in [0.1, 0.15) is 12.4 Å². The standard InChI is InChI=1S/C9H8BrClO/c10-8-4-1-2-5-9(8)12-7-3-6-11/h1-6H,7H2/b6-3+. The van der Waals surface area contributed by atoms with E-state index in [1.165, 1.54) is 5.54 Å². The SMILES string of the molecule is Cl/C=C/COc1ccccc1Br. The topological polar surface area (TPSA) is 9.23 Å². The number of benzene rings is 1. The third-order valence-electron chi connectivity index (χ3n) is 1.26. The van der Waals surface area contributed by atoms with Crippen molar-refractivity contribution in [1.82, 2.24) is 0 Å². The van der Waals surface area contributed by atoms with Crippen LogP contribution in [0, 0.1) is 0 Å². The van der Waals surface area contributed by atoms with Gasteiger partial charge in [-0.25, -0.2) is 0 Å². The summed E-state index contributed by atoms with van der Waals surface area (Å²) in [5.41, 5.74) is 1.44. The number of ether oxygens (including phenoxy) is 1. The summed E-state index contributed by atoms with van der Waals surface area (Å²) in [7, 11) is 0. The molecule has 1 rings (SSSR count). The van der Waals surface area contributed by atoms with Gasteiger partial charge in [0.25, 0.3) is 0 Å². The molecule has 0 aliphatic rings. The van der Waals surface area contributed by atoms with Crippen LogP contribution in [-0.2, 0) is 0 Å². The van der Waals surface area contributed by atoms with E-state index in [1.807, 2.05) is 24.3 Å². The quantitative estimate of drug-likeness (QED) is 0.793. The molecular weight excluding hydrogens is 239 g/mol. The minimum absolute atomic E-state index is 0.492. The molecule has 0 fully saturated rings. The average molecular weight is 248 g/mol. The van der Waals surface area contributed by atoms with Crippen LogP contribution >= 0.6 is 27.5 Å². The van der Waals surface area contributed by atoms with Gasteiger partial charge in [0, 0.05) is 5.54 Å². The Hall–Kier alpha value is -0.470. The first kappa shape index (κ1) is 9.62. The summed E-state index contributed by atoms with van der Waals surface area (Å²) in [6.07, 6.45) is 1.74. The van der Waals surface area contributed by atoms with Crippen LogP contribution in [0.4, 0.5) is 0 Å². The van der Waals surface area contributed by atoms with Crippen LogP contribution in [0.2, 0.25) is 0 Å². The number of rotatable bonds is 3. The Kier molecular flexibility index (Phi) is 4.19. The molecule has 0 aliphatic heterocycles. The lowest BCUT2D eigenvalue weighted by Gasteiger charge is -2.03. The summed E-state index contributed by atoms with van der Waals surface area (Å²) in [6.45, 7) is 0.492. The number of para-hydroxylation sites is 1. The molecule has 0 aromatic heterocycles. The molecule has 1 nitrogen and oxygen atoms in total. The molecule has 0 unspecified atom stereocenters. The normalized spacial score (nSPS) is 10.5. The lowest BCUT2D eigenvalue weighted by Crippen LogP contribution is -1.92. The van der Waals surface area contributed by atoms with Gasteiger partial charge < -0.3 is 4.74 Å². The van der Waals surface area contributed by atoms with Gasteiger partial charge in [-0.05, 0) is 34.1 Å². The summed E-state index contributed by atoms with van der Waals surface area (Å²) >= 11 is 8.70. The van der Waals surface area contributed by atoms with Crippen molar-refractivity contribution in [2.75, 3.05) is 6.61 Å². The Morgan fingerprint density at radius 1 is 1.42 bits per heavy atom. The fourth-order valence-electron chi connectivity index (χ4n) is 0.736. The van der Waals surface area contributed by atoms with Crippen molar-refractivity contribution in [2.45, 2.75) is 0 Å². The summed E-state index contributed by atoms with van der Waals surface area (Å²) in [6, 6.07) is 7.69. The molecule has 0 saturated carbocycles. The van der Waals surface area contributed by atoms with Crippen molar-refractivity contribution in [1.29, 1.82) is 0 Å². The summed E-state index contributed by atoms with van der Waals surface area (Å²) in [4.78, 5) is 0. The summed E-state index contributed by atoms with van der Waals surface area (Å²) in [5.74, 6) is 0.826. The molecule has 3 heteroatoms.